The predicted octanol–water partition coefficient (Wildman–Crippen LogP) is 6.16. The van der Waals surface area contributed by atoms with E-state index in [-0.39, 0.29) is 11.8 Å². The fraction of sp³-hybridized carbons (Fsp3) is 0.417. The van der Waals surface area contributed by atoms with Crippen molar-refractivity contribution < 1.29 is 14.3 Å². The number of amides is 1. The molecule has 0 aliphatic carbocycles. The number of thiazole rings is 1. The van der Waals surface area contributed by atoms with Crippen molar-refractivity contribution in [2.45, 2.75) is 38.5 Å². The predicted molar refractivity (Wildman–Crippen MR) is 126 cm³/mol. The lowest BCUT2D eigenvalue weighted by Gasteiger charge is -2.32. The molecular weight excluding hydrogens is 432 g/mol. The van der Waals surface area contributed by atoms with Gasteiger partial charge in [-0.1, -0.05) is 37.1 Å². The van der Waals surface area contributed by atoms with E-state index in [2.05, 4.69) is 13.0 Å². The number of hydrogen-bond donors (Lipinski definition) is 0. The zero-order chi connectivity index (χ0) is 21.8. The fourth-order valence-corrected chi connectivity index (χ4v) is 5.27. The highest BCUT2D eigenvalue weighted by molar-refractivity contribution is 7.18. The average molecular weight is 459 g/mol. The molecule has 2 aromatic carbocycles. The van der Waals surface area contributed by atoms with Crippen LogP contribution >= 0.6 is 22.9 Å². The van der Waals surface area contributed by atoms with Crippen LogP contribution in [0.25, 0.3) is 10.2 Å². The second-order valence-corrected chi connectivity index (χ2v) is 9.27. The Morgan fingerprint density at radius 1 is 1.32 bits per heavy atom. The minimum atomic E-state index is -0.0360. The van der Waals surface area contributed by atoms with Gasteiger partial charge in [0.1, 0.15) is 0 Å². The molecule has 1 aliphatic heterocycles. The minimum Gasteiger partial charge on any atom is -0.493 e. The molecule has 7 heteroatoms. The van der Waals surface area contributed by atoms with Crippen LogP contribution in [0.3, 0.4) is 0 Å². The molecule has 1 atom stereocenters. The first-order valence-electron chi connectivity index (χ1n) is 10.8. The number of hydrogen-bond acceptors (Lipinski definition) is 5. The Bertz CT molecular complexity index is 1040. The fourth-order valence-electron chi connectivity index (χ4n) is 3.91. The number of rotatable bonds is 7. The lowest BCUT2D eigenvalue weighted by Crippen LogP contribution is -2.39. The van der Waals surface area contributed by atoms with E-state index in [4.69, 9.17) is 26.1 Å². The summed E-state index contributed by atoms with van der Waals surface area (Å²) in [6.45, 7) is 4.06. The van der Waals surface area contributed by atoms with Gasteiger partial charge in [0.15, 0.2) is 11.5 Å². The monoisotopic (exact) mass is 458 g/mol. The van der Waals surface area contributed by atoms with Gasteiger partial charge in [-0.05, 0) is 43.5 Å². The normalized spacial score (nSPS) is 16.5. The number of aromatic nitrogens is 1. The lowest BCUT2D eigenvalue weighted by molar-refractivity contribution is 0.0706. The molecule has 0 radical (unpaired) electrons. The van der Waals surface area contributed by atoms with Crippen LogP contribution in [0.5, 0.6) is 11.5 Å². The number of benzene rings is 2. The molecule has 0 saturated carbocycles. The highest BCUT2D eigenvalue weighted by Gasteiger charge is 2.28. The summed E-state index contributed by atoms with van der Waals surface area (Å²) in [5.41, 5.74) is 1.55. The second-order valence-electron chi connectivity index (χ2n) is 7.80. The summed E-state index contributed by atoms with van der Waals surface area (Å²) < 4.78 is 12.5. The van der Waals surface area contributed by atoms with Gasteiger partial charge in [0.05, 0.1) is 34.0 Å². The summed E-state index contributed by atoms with van der Waals surface area (Å²) in [6.07, 6.45) is 3.95. The van der Waals surface area contributed by atoms with Crippen LogP contribution in [0.2, 0.25) is 5.02 Å². The molecule has 1 aliphatic rings. The number of para-hydroxylation sites is 1. The van der Waals surface area contributed by atoms with E-state index in [1.54, 1.807) is 30.6 Å². The number of likely N-dealkylation sites (tertiary alicyclic amines) is 1. The first-order chi connectivity index (χ1) is 15.1. The van der Waals surface area contributed by atoms with E-state index in [1.807, 2.05) is 23.1 Å². The number of ether oxygens (including phenoxy) is 2. The molecule has 164 valence electrons. The van der Waals surface area contributed by atoms with Crippen molar-refractivity contribution in [3.63, 3.8) is 0 Å². The number of methoxy groups -OCH3 is 1. The van der Waals surface area contributed by atoms with Gasteiger partial charge in [-0.15, -0.1) is 11.3 Å². The van der Waals surface area contributed by atoms with Gasteiger partial charge in [0, 0.05) is 24.6 Å². The Balaban J connectivity index is 1.52. The highest BCUT2D eigenvalue weighted by atomic mass is 35.5. The van der Waals surface area contributed by atoms with Crippen molar-refractivity contribution in [2.24, 2.45) is 0 Å². The summed E-state index contributed by atoms with van der Waals surface area (Å²) in [6, 6.07) is 11.6. The number of halogens is 1. The first-order valence-corrected chi connectivity index (χ1v) is 11.9. The van der Waals surface area contributed by atoms with E-state index in [0.717, 1.165) is 42.8 Å². The Kier molecular flexibility index (Phi) is 6.98. The maximum absolute atomic E-state index is 13.3. The molecule has 1 aromatic heterocycles. The van der Waals surface area contributed by atoms with Crippen molar-refractivity contribution in [3.8, 4) is 11.5 Å². The van der Waals surface area contributed by atoms with E-state index >= 15 is 0 Å². The molecule has 0 spiro atoms. The van der Waals surface area contributed by atoms with Gasteiger partial charge in [0.2, 0.25) is 0 Å². The molecule has 4 rings (SSSR count). The molecule has 2 heterocycles. The third kappa shape index (κ3) is 4.80. The molecule has 3 aromatic rings. The van der Waals surface area contributed by atoms with Crippen LogP contribution in [0.4, 0.5) is 0 Å². The number of piperidine rings is 1. The van der Waals surface area contributed by atoms with Gasteiger partial charge in [-0.2, -0.15) is 0 Å². The largest absolute Gasteiger partial charge is 0.493 e. The molecule has 31 heavy (non-hydrogen) atoms. The molecule has 0 bridgehead atoms. The summed E-state index contributed by atoms with van der Waals surface area (Å²) in [5.74, 6) is 1.21. The number of fused-ring (bicyclic) bond motifs is 1. The number of carbonyl (C=O) groups is 1. The highest BCUT2D eigenvalue weighted by Crippen LogP contribution is 2.38. The van der Waals surface area contributed by atoms with E-state index in [1.165, 1.54) is 4.70 Å². The Labute approximate surface area is 191 Å². The average Bonchev–Trinajstić information content (AvgIpc) is 3.24. The van der Waals surface area contributed by atoms with Gasteiger partial charge < -0.3 is 14.4 Å². The van der Waals surface area contributed by atoms with Crippen molar-refractivity contribution >= 4 is 39.1 Å². The topological polar surface area (TPSA) is 51.7 Å². The third-order valence-electron chi connectivity index (χ3n) is 5.59. The van der Waals surface area contributed by atoms with Crippen LogP contribution in [-0.4, -0.2) is 42.6 Å². The molecule has 1 saturated heterocycles. The molecule has 5 nitrogen and oxygen atoms in total. The van der Waals surface area contributed by atoms with E-state index in [9.17, 15) is 4.79 Å². The van der Waals surface area contributed by atoms with Crippen LogP contribution in [0.1, 0.15) is 53.9 Å². The maximum Gasteiger partial charge on any atom is 0.254 e. The molecule has 1 amide bonds. The van der Waals surface area contributed by atoms with E-state index < -0.39 is 0 Å². The number of carbonyl (C=O) groups excluding carboxylic acids is 1. The summed E-state index contributed by atoms with van der Waals surface area (Å²) in [5, 5.41) is 1.51. The molecule has 1 fully saturated rings. The van der Waals surface area contributed by atoms with Crippen LogP contribution in [-0.2, 0) is 0 Å². The molecule has 0 N–H and O–H groups in total. The van der Waals surface area contributed by atoms with Gasteiger partial charge in [-0.3, -0.25) is 4.79 Å². The summed E-state index contributed by atoms with van der Waals surface area (Å²) in [4.78, 5) is 20.0. The zero-order valence-electron chi connectivity index (χ0n) is 17.9. The quantitative estimate of drug-likeness (QED) is 0.398. The number of nitrogens with zero attached hydrogens (tertiary/aromatic N) is 2. The Hall–Kier alpha value is -2.31. The maximum atomic E-state index is 13.3. The first kappa shape index (κ1) is 21.9. The third-order valence-corrected chi connectivity index (χ3v) is 7.07. The zero-order valence-corrected chi connectivity index (χ0v) is 19.5. The standard InChI is InChI=1S/C24H27ClN2O3S/c1-3-4-12-30-22-18(25)13-17(14-20(22)29-2)24(28)27-11-7-8-16(15-27)23-26-19-9-5-6-10-21(19)31-23/h5-6,9-10,13-14,16H,3-4,7-8,11-12,15H2,1-2H3. The van der Waals surface area contributed by atoms with Crippen LogP contribution < -0.4 is 9.47 Å². The van der Waals surface area contributed by atoms with Crippen LogP contribution in [0.15, 0.2) is 36.4 Å². The summed E-state index contributed by atoms with van der Waals surface area (Å²) in [7, 11) is 1.57. The van der Waals surface area contributed by atoms with Crippen molar-refractivity contribution in [1.82, 2.24) is 9.88 Å². The van der Waals surface area contributed by atoms with E-state index in [0.29, 0.717) is 35.2 Å². The minimum absolute atomic E-state index is 0.0360. The van der Waals surface area contributed by atoms with Crippen molar-refractivity contribution in [2.75, 3.05) is 26.8 Å². The number of unbranched alkanes of at least 4 members (excludes halogenated alkanes) is 1. The van der Waals surface area contributed by atoms with Crippen molar-refractivity contribution in [1.29, 1.82) is 0 Å². The lowest BCUT2D eigenvalue weighted by atomic mass is 9.98. The summed E-state index contributed by atoms with van der Waals surface area (Å²) >= 11 is 8.19. The van der Waals surface area contributed by atoms with Crippen LogP contribution in [0, 0.1) is 0 Å². The SMILES string of the molecule is CCCCOc1c(Cl)cc(C(=O)N2CCCC(c3nc4ccccc4s3)C2)cc1OC. The van der Waals surface area contributed by atoms with Gasteiger partial charge >= 0.3 is 0 Å². The molecule has 1 unspecified atom stereocenters. The van der Waals surface area contributed by atoms with Crippen molar-refractivity contribution in [3.05, 3.63) is 52.0 Å². The Morgan fingerprint density at radius 3 is 2.94 bits per heavy atom. The van der Waals surface area contributed by atoms with Gasteiger partial charge in [-0.25, -0.2) is 4.98 Å². The second kappa shape index (κ2) is 9.88. The van der Waals surface area contributed by atoms with Gasteiger partial charge in [0.25, 0.3) is 5.91 Å². The smallest absolute Gasteiger partial charge is 0.254 e. The molecular formula is C24H27ClN2O3S. The Morgan fingerprint density at radius 2 is 2.16 bits per heavy atom.